The molecule has 0 bridgehead atoms. The van der Waals surface area contributed by atoms with Crippen LogP contribution in [0.1, 0.15) is 13.8 Å². The number of benzene rings is 1. The van der Waals surface area contributed by atoms with Crippen LogP contribution in [0, 0.1) is 5.21 Å². The van der Waals surface area contributed by atoms with Crippen LogP contribution in [-0.2, 0) is 0 Å². The van der Waals surface area contributed by atoms with Crippen LogP contribution in [0.5, 0.6) is 0 Å². The Morgan fingerprint density at radius 2 is 1.86 bits per heavy atom. The van der Waals surface area contributed by atoms with Gasteiger partial charge in [-0.25, -0.2) is 0 Å². The summed E-state index contributed by atoms with van der Waals surface area (Å²) in [5.41, 5.74) is 0.542. The lowest BCUT2D eigenvalue weighted by atomic mass is 10.3. The summed E-state index contributed by atoms with van der Waals surface area (Å²) in [5, 5.41) is 17.0. The Hall–Kier alpha value is -1.58. The number of para-hydroxylation sites is 1. The van der Waals surface area contributed by atoms with Gasteiger partial charge in [-0.2, -0.15) is 5.01 Å². The summed E-state index contributed by atoms with van der Waals surface area (Å²) in [6.07, 6.45) is 0. The molecule has 0 amide bonds. The Morgan fingerprint density at radius 3 is 2.36 bits per heavy atom. The van der Waals surface area contributed by atoms with Crippen LogP contribution in [0.2, 0.25) is 0 Å². The van der Waals surface area contributed by atoms with Gasteiger partial charge in [0.25, 0.3) is 0 Å². The molecule has 0 spiro atoms. The van der Waals surface area contributed by atoms with Gasteiger partial charge in [-0.1, -0.05) is 18.2 Å². The van der Waals surface area contributed by atoms with Crippen molar-refractivity contribution in [2.24, 2.45) is 5.22 Å². The third kappa shape index (κ3) is 2.73. The first-order chi connectivity index (χ1) is 6.61. The number of hydrogen-bond donors (Lipinski definition) is 0. The summed E-state index contributed by atoms with van der Waals surface area (Å²) in [6.45, 7) is 3.95. The molecule has 1 aromatic carbocycles. The van der Waals surface area contributed by atoms with Gasteiger partial charge in [0, 0.05) is 0 Å². The molecule has 0 heterocycles. The predicted octanol–water partition coefficient (Wildman–Crippen LogP) is 2.54. The molecule has 0 atom stereocenters. The molecule has 0 aliphatic carbocycles. The highest BCUT2D eigenvalue weighted by molar-refractivity contribution is 5.27. The molecule has 0 radical (unpaired) electrons. The maximum absolute atomic E-state index is 11.5. The smallest absolute Gasteiger partial charge is 0.154 e. The van der Waals surface area contributed by atoms with Crippen molar-refractivity contribution in [3.63, 3.8) is 0 Å². The molecule has 0 aromatic heterocycles. The highest BCUT2D eigenvalue weighted by atomic mass is 16.5. The zero-order valence-corrected chi connectivity index (χ0v) is 8.71. The van der Waals surface area contributed by atoms with Crippen molar-refractivity contribution in [3.8, 4) is 0 Å². The van der Waals surface area contributed by atoms with Crippen LogP contribution in [0.3, 0.4) is 0 Å². The minimum absolute atomic E-state index is 0.218. The van der Waals surface area contributed by atoms with Gasteiger partial charge in [0.15, 0.2) is 5.69 Å². The predicted molar refractivity (Wildman–Crippen MR) is 55.1 cm³/mol. The van der Waals surface area contributed by atoms with E-state index in [1.165, 1.54) is 0 Å². The standard InChI is InChI=1S/C10H15N3O/c1-9(2)12(3)11-13(14)10-7-5-4-6-8-10/h4-9H,1-3H3/b13-11-. The molecule has 0 unspecified atom stereocenters. The molecule has 76 valence electrons. The van der Waals surface area contributed by atoms with E-state index in [2.05, 4.69) is 5.22 Å². The average Bonchev–Trinajstić information content (AvgIpc) is 2.19. The van der Waals surface area contributed by atoms with Gasteiger partial charge in [0.05, 0.1) is 12.3 Å². The molecule has 4 nitrogen and oxygen atoms in total. The van der Waals surface area contributed by atoms with Crippen LogP contribution in [0.15, 0.2) is 35.6 Å². The van der Waals surface area contributed by atoms with Gasteiger partial charge in [-0.15, -0.1) is 4.86 Å². The third-order valence-electron chi connectivity index (χ3n) is 1.95. The summed E-state index contributed by atoms with van der Waals surface area (Å²) in [4.78, 5) is 0.625. The van der Waals surface area contributed by atoms with Crippen molar-refractivity contribution >= 4 is 5.69 Å². The van der Waals surface area contributed by atoms with Crippen LogP contribution in [-0.4, -0.2) is 23.0 Å². The van der Waals surface area contributed by atoms with Crippen molar-refractivity contribution in [1.82, 2.24) is 5.01 Å². The van der Waals surface area contributed by atoms with Crippen molar-refractivity contribution in [2.75, 3.05) is 7.05 Å². The van der Waals surface area contributed by atoms with Crippen LogP contribution < -0.4 is 0 Å². The van der Waals surface area contributed by atoms with E-state index in [1.54, 1.807) is 24.2 Å². The monoisotopic (exact) mass is 193 g/mol. The van der Waals surface area contributed by atoms with Crippen LogP contribution in [0.25, 0.3) is 0 Å². The van der Waals surface area contributed by atoms with E-state index < -0.39 is 0 Å². The SMILES string of the molecule is CC(C)N(C)/N=[N+](\[O-])c1ccccc1. The summed E-state index contributed by atoms with van der Waals surface area (Å²) < 4.78 is 0. The zero-order chi connectivity index (χ0) is 10.6. The molecule has 0 N–H and O–H groups in total. The maximum atomic E-state index is 11.5. The highest BCUT2D eigenvalue weighted by Crippen LogP contribution is 2.10. The molecule has 0 aliphatic rings. The van der Waals surface area contributed by atoms with Gasteiger partial charge in [0.2, 0.25) is 0 Å². The minimum atomic E-state index is 0.218. The molecule has 0 fully saturated rings. The van der Waals surface area contributed by atoms with Gasteiger partial charge in [-0.3, -0.25) is 0 Å². The summed E-state index contributed by atoms with van der Waals surface area (Å²) >= 11 is 0. The first kappa shape index (κ1) is 10.5. The minimum Gasteiger partial charge on any atom is -0.691 e. The summed E-state index contributed by atoms with van der Waals surface area (Å²) in [6, 6.07) is 9.16. The molecule has 0 saturated carbocycles. The van der Waals surface area contributed by atoms with Crippen molar-refractivity contribution < 1.29 is 4.86 Å². The Bertz CT molecular complexity index is 308. The van der Waals surface area contributed by atoms with Crippen molar-refractivity contribution in [2.45, 2.75) is 19.9 Å². The molecule has 0 saturated heterocycles. The molecular formula is C10H15N3O. The van der Waals surface area contributed by atoms with Crippen molar-refractivity contribution in [3.05, 3.63) is 35.5 Å². The first-order valence-corrected chi connectivity index (χ1v) is 4.58. The molecule has 14 heavy (non-hydrogen) atoms. The van der Waals surface area contributed by atoms with E-state index >= 15 is 0 Å². The first-order valence-electron chi connectivity index (χ1n) is 4.58. The van der Waals surface area contributed by atoms with E-state index in [9.17, 15) is 5.21 Å². The topological polar surface area (TPSA) is 41.7 Å². The van der Waals surface area contributed by atoms with E-state index in [0.717, 1.165) is 0 Å². The van der Waals surface area contributed by atoms with Gasteiger partial charge < -0.3 is 5.21 Å². The van der Waals surface area contributed by atoms with E-state index in [4.69, 9.17) is 0 Å². The van der Waals surface area contributed by atoms with E-state index in [1.807, 2.05) is 32.0 Å². The average molecular weight is 193 g/mol. The molecule has 4 heteroatoms. The second kappa shape index (κ2) is 4.60. The number of rotatable bonds is 3. The van der Waals surface area contributed by atoms with E-state index in [0.29, 0.717) is 10.5 Å². The normalized spacial score (nSPS) is 11.9. The lowest BCUT2D eigenvalue weighted by Gasteiger charge is -2.12. The summed E-state index contributed by atoms with van der Waals surface area (Å²) in [5.74, 6) is 0. The third-order valence-corrected chi connectivity index (χ3v) is 1.95. The lowest BCUT2D eigenvalue weighted by Crippen LogP contribution is -2.21. The van der Waals surface area contributed by atoms with Crippen molar-refractivity contribution in [1.29, 1.82) is 0 Å². The largest absolute Gasteiger partial charge is 0.691 e. The second-order valence-electron chi connectivity index (χ2n) is 3.37. The maximum Gasteiger partial charge on any atom is 0.154 e. The highest BCUT2D eigenvalue weighted by Gasteiger charge is 2.07. The van der Waals surface area contributed by atoms with E-state index in [-0.39, 0.29) is 6.04 Å². The van der Waals surface area contributed by atoms with Crippen LogP contribution >= 0.6 is 0 Å². The fourth-order valence-corrected chi connectivity index (χ4v) is 0.839. The molecule has 1 aromatic rings. The lowest BCUT2D eigenvalue weighted by molar-refractivity contribution is -0.462. The second-order valence-corrected chi connectivity index (χ2v) is 3.37. The molecule has 0 aliphatic heterocycles. The van der Waals surface area contributed by atoms with Gasteiger partial charge in [-0.05, 0) is 26.0 Å². The van der Waals surface area contributed by atoms with Gasteiger partial charge in [0.1, 0.15) is 6.04 Å². The fourth-order valence-electron chi connectivity index (χ4n) is 0.839. The Balaban J connectivity index is 2.80. The van der Waals surface area contributed by atoms with Crippen LogP contribution in [0.4, 0.5) is 5.69 Å². The Kier molecular flexibility index (Phi) is 3.45. The fraction of sp³-hybridized carbons (Fsp3) is 0.400. The van der Waals surface area contributed by atoms with Gasteiger partial charge >= 0.3 is 0 Å². The summed E-state index contributed by atoms with van der Waals surface area (Å²) in [7, 11) is 1.78. The Labute approximate surface area is 84.0 Å². The molecule has 1 rings (SSSR count). The molecular weight excluding hydrogens is 178 g/mol. The number of nitrogens with zero attached hydrogens (tertiary/aromatic N) is 3. The zero-order valence-electron chi connectivity index (χ0n) is 8.71. The number of hydrogen-bond acceptors (Lipinski definition) is 2. The quantitative estimate of drug-likeness (QED) is 0.420. The Morgan fingerprint density at radius 1 is 1.29 bits per heavy atom.